The van der Waals surface area contributed by atoms with Gasteiger partial charge >= 0.3 is 0 Å². The van der Waals surface area contributed by atoms with E-state index in [0.717, 1.165) is 18.0 Å². The molecule has 1 N–H and O–H groups in total. The summed E-state index contributed by atoms with van der Waals surface area (Å²) in [6.45, 7) is 2.16. The molecule has 1 heterocycles. The molecule has 0 amide bonds. The van der Waals surface area contributed by atoms with Crippen LogP contribution in [0.5, 0.6) is 0 Å². The molecule has 0 aliphatic heterocycles. The third kappa shape index (κ3) is 3.19. The van der Waals surface area contributed by atoms with E-state index in [1.165, 1.54) is 19.1 Å². The Kier molecular flexibility index (Phi) is 3.38. The molecule has 1 aromatic heterocycles. The summed E-state index contributed by atoms with van der Waals surface area (Å²) in [5.74, 6) is 0.773. The molecule has 5 heteroatoms. The molecule has 17 heavy (non-hydrogen) atoms. The van der Waals surface area contributed by atoms with E-state index in [2.05, 4.69) is 17.2 Å². The molecule has 2 rings (SSSR count). The van der Waals surface area contributed by atoms with Crippen molar-refractivity contribution in [2.45, 2.75) is 37.3 Å². The van der Waals surface area contributed by atoms with E-state index in [4.69, 9.17) is 0 Å². The zero-order valence-corrected chi connectivity index (χ0v) is 11.0. The van der Waals surface area contributed by atoms with Crippen LogP contribution in [-0.2, 0) is 9.84 Å². The molecular formula is C12H18N2O2S. The van der Waals surface area contributed by atoms with Gasteiger partial charge in [-0.1, -0.05) is 6.92 Å². The largest absolute Gasteiger partial charge is 0.381 e. The Balaban J connectivity index is 2.07. The van der Waals surface area contributed by atoms with E-state index < -0.39 is 9.84 Å². The number of hydrogen-bond donors (Lipinski definition) is 1. The summed E-state index contributed by atoms with van der Waals surface area (Å²) in [5.41, 5.74) is 0.899. The van der Waals surface area contributed by atoms with Crippen LogP contribution in [0, 0.1) is 5.92 Å². The van der Waals surface area contributed by atoms with Gasteiger partial charge in [0.2, 0.25) is 0 Å². The lowest BCUT2D eigenvalue weighted by Crippen LogP contribution is -2.20. The average Bonchev–Trinajstić information content (AvgIpc) is 3.09. The summed E-state index contributed by atoms with van der Waals surface area (Å²) in [6.07, 6.45) is 6.43. The van der Waals surface area contributed by atoms with Crippen molar-refractivity contribution in [3.05, 3.63) is 18.3 Å². The molecule has 94 valence electrons. The summed E-state index contributed by atoms with van der Waals surface area (Å²) in [4.78, 5) is 3.97. The van der Waals surface area contributed by atoms with Crippen molar-refractivity contribution >= 4 is 15.5 Å². The highest BCUT2D eigenvalue weighted by Gasteiger charge is 2.29. The minimum Gasteiger partial charge on any atom is -0.381 e. The van der Waals surface area contributed by atoms with Crippen molar-refractivity contribution in [2.24, 2.45) is 5.92 Å². The van der Waals surface area contributed by atoms with Crippen molar-refractivity contribution in [3.8, 4) is 0 Å². The van der Waals surface area contributed by atoms with Gasteiger partial charge in [-0.3, -0.25) is 0 Å². The van der Waals surface area contributed by atoms with Crippen LogP contribution in [0.1, 0.15) is 26.2 Å². The van der Waals surface area contributed by atoms with Gasteiger partial charge in [0, 0.05) is 12.3 Å². The summed E-state index contributed by atoms with van der Waals surface area (Å²) >= 11 is 0. The lowest BCUT2D eigenvalue weighted by molar-refractivity contribution is 0.598. The van der Waals surface area contributed by atoms with Gasteiger partial charge < -0.3 is 5.32 Å². The topological polar surface area (TPSA) is 59.1 Å². The standard InChI is InChI=1S/C12H18N2O2S/c1-3-11(9-4-5-9)14-10-6-7-12(13-8-10)17(2,15)16/h6-9,11,14H,3-5H2,1-2H3. The number of nitrogens with one attached hydrogen (secondary N) is 1. The van der Waals surface area contributed by atoms with Gasteiger partial charge in [0.15, 0.2) is 14.9 Å². The van der Waals surface area contributed by atoms with E-state index in [1.54, 1.807) is 18.3 Å². The predicted molar refractivity (Wildman–Crippen MR) is 67.8 cm³/mol. The molecule has 0 aromatic carbocycles. The zero-order chi connectivity index (χ0) is 12.5. The molecule has 1 unspecified atom stereocenters. The number of rotatable bonds is 5. The minimum atomic E-state index is -3.20. The van der Waals surface area contributed by atoms with Crippen LogP contribution < -0.4 is 5.32 Å². The number of hydrogen-bond acceptors (Lipinski definition) is 4. The highest BCUT2D eigenvalue weighted by Crippen LogP contribution is 2.35. The van der Waals surface area contributed by atoms with Crippen molar-refractivity contribution in [1.29, 1.82) is 0 Å². The van der Waals surface area contributed by atoms with Crippen molar-refractivity contribution in [1.82, 2.24) is 4.98 Å². The van der Waals surface area contributed by atoms with Crippen LogP contribution >= 0.6 is 0 Å². The van der Waals surface area contributed by atoms with Gasteiger partial charge in [0.1, 0.15) is 0 Å². The number of sulfone groups is 1. The summed E-state index contributed by atoms with van der Waals surface area (Å²) in [7, 11) is -3.20. The molecule has 0 spiro atoms. The van der Waals surface area contributed by atoms with Crippen LogP contribution in [0.2, 0.25) is 0 Å². The van der Waals surface area contributed by atoms with Gasteiger partial charge in [-0.05, 0) is 37.3 Å². The Bertz CT molecular complexity index is 478. The predicted octanol–water partition coefficient (Wildman–Crippen LogP) is 2.09. The van der Waals surface area contributed by atoms with Gasteiger partial charge in [-0.15, -0.1) is 0 Å². The monoisotopic (exact) mass is 254 g/mol. The maximum Gasteiger partial charge on any atom is 0.192 e. The summed E-state index contributed by atoms with van der Waals surface area (Å²) < 4.78 is 22.5. The summed E-state index contributed by atoms with van der Waals surface area (Å²) in [5, 5.41) is 3.54. The van der Waals surface area contributed by atoms with Crippen LogP contribution in [0.25, 0.3) is 0 Å². The molecule has 1 saturated carbocycles. The van der Waals surface area contributed by atoms with E-state index in [9.17, 15) is 8.42 Å². The van der Waals surface area contributed by atoms with Gasteiger partial charge in [-0.25, -0.2) is 13.4 Å². The lowest BCUT2D eigenvalue weighted by Gasteiger charge is -2.17. The van der Waals surface area contributed by atoms with Crippen molar-refractivity contribution in [2.75, 3.05) is 11.6 Å². The fourth-order valence-corrected chi connectivity index (χ4v) is 2.51. The second kappa shape index (κ2) is 4.64. The van der Waals surface area contributed by atoms with E-state index in [0.29, 0.717) is 6.04 Å². The second-order valence-electron chi connectivity index (χ2n) is 4.65. The Labute approximate surface area is 102 Å². The van der Waals surface area contributed by atoms with E-state index in [-0.39, 0.29) is 5.03 Å². The third-order valence-electron chi connectivity index (χ3n) is 3.10. The number of anilines is 1. The molecular weight excluding hydrogens is 236 g/mol. The fraction of sp³-hybridized carbons (Fsp3) is 0.583. The SMILES string of the molecule is CCC(Nc1ccc(S(C)(=O)=O)nc1)C1CC1. The molecule has 1 aromatic rings. The van der Waals surface area contributed by atoms with Gasteiger partial charge in [0.05, 0.1) is 11.9 Å². The van der Waals surface area contributed by atoms with Gasteiger partial charge in [0.25, 0.3) is 0 Å². The quantitative estimate of drug-likeness (QED) is 0.874. The van der Waals surface area contributed by atoms with Gasteiger partial charge in [-0.2, -0.15) is 0 Å². The molecule has 1 aliphatic carbocycles. The maximum absolute atomic E-state index is 11.3. The summed E-state index contributed by atoms with van der Waals surface area (Å²) in [6, 6.07) is 3.83. The number of nitrogens with zero attached hydrogens (tertiary/aromatic N) is 1. The van der Waals surface area contributed by atoms with Crippen LogP contribution in [-0.4, -0.2) is 25.7 Å². The van der Waals surface area contributed by atoms with Crippen LogP contribution in [0.15, 0.2) is 23.4 Å². The molecule has 1 atom stereocenters. The van der Waals surface area contributed by atoms with E-state index in [1.807, 2.05) is 0 Å². The van der Waals surface area contributed by atoms with E-state index >= 15 is 0 Å². The highest BCUT2D eigenvalue weighted by molar-refractivity contribution is 7.90. The third-order valence-corrected chi connectivity index (χ3v) is 4.10. The van der Waals surface area contributed by atoms with Crippen LogP contribution in [0.3, 0.4) is 0 Å². The van der Waals surface area contributed by atoms with Crippen molar-refractivity contribution in [3.63, 3.8) is 0 Å². The zero-order valence-electron chi connectivity index (χ0n) is 10.2. The first-order valence-electron chi connectivity index (χ1n) is 5.93. The fourth-order valence-electron chi connectivity index (χ4n) is 1.95. The molecule has 1 fully saturated rings. The molecule has 0 radical (unpaired) electrons. The Morgan fingerprint density at radius 3 is 2.59 bits per heavy atom. The molecule has 0 bridgehead atoms. The minimum absolute atomic E-state index is 0.127. The average molecular weight is 254 g/mol. The molecule has 4 nitrogen and oxygen atoms in total. The smallest absolute Gasteiger partial charge is 0.192 e. The number of aromatic nitrogens is 1. The Morgan fingerprint density at radius 2 is 2.18 bits per heavy atom. The maximum atomic E-state index is 11.3. The Morgan fingerprint density at radius 1 is 1.47 bits per heavy atom. The first-order chi connectivity index (χ1) is 8.00. The highest BCUT2D eigenvalue weighted by atomic mass is 32.2. The number of pyridine rings is 1. The first-order valence-corrected chi connectivity index (χ1v) is 7.82. The van der Waals surface area contributed by atoms with Crippen molar-refractivity contribution < 1.29 is 8.42 Å². The normalized spacial score (nSPS) is 17.8. The Hall–Kier alpha value is -1.10. The lowest BCUT2D eigenvalue weighted by atomic mass is 10.1. The second-order valence-corrected chi connectivity index (χ2v) is 6.62. The first kappa shape index (κ1) is 12.4. The molecule has 1 aliphatic rings. The molecule has 0 saturated heterocycles. The van der Waals surface area contributed by atoms with Crippen LogP contribution in [0.4, 0.5) is 5.69 Å².